The highest BCUT2D eigenvalue weighted by Gasteiger charge is 2.13. The van der Waals surface area contributed by atoms with Crippen LogP contribution in [0.2, 0.25) is 0 Å². The Labute approximate surface area is 135 Å². The largest absolute Gasteiger partial charge is 0.478 e. The number of carbonyl (C=O) groups is 3. The molecule has 0 spiro atoms. The van der Waals surface area contributed by atoms with E-state index in [1.165, 1.54) is 23.9 Å². The van der Waals surface area contributed by atoms with E-state index < -0.39 is 11.9 Å². The zero-order valence-electron chi connectivity index (χ0n) is 11.7. The summed E-state index contributed by atoms with van der Waals surface area (Å²) in [7, 11) is 0. The number of anilines is 1. The summed E-state index contributed by atoms with van der Waals surface area (Å²) in [5, 5.41) is 21.1. The number of nitrogens with one attached hydrogen (secondary N) is 1. The van der Waals surface area contributed by atoms with E-state index in [-0.39, 0.29) is 28.5 Å². The number of hydrogen-bond donors (Lipinski definition) is 3. The Morgan fingerprint density at radius 1 is 1.04 bits per heavy atom. The Morgan fingerprint density at radius 2 is 1.70 bits per heavy atom. The van der Waals surface area contributed by atoms with Gasteiger partial charge in [-0.15, -0.1) is 0 Å². The van der Waals surface area contributed by atoms with Gasteiger partial charge in [0.15, 0.2) is 0 Å². The normalized spacial score (nSPS) is 10.1. The molecule has 2 aromatic rings. The molecule has 0 unspecified atom stereocenters. The number of aromatic carboxylic acids is 2. The highest BCUT2D eigenvalue weighted by molar-refractivity contribution is 7.99. The lowest BCUT2D eigenvalue weighted by atomic mass is 10.1. The number of carboxylic acids is 2. The van der Waals surface area contributed by atoms with Crippen molar-refractivity contribution in [3.63, 3.8) is 0 Å². The number of hydrogen-bond acceptors (Lipinski definition) is 5. The average molecular weight is 332 g/mol. The molecule has 0 aliphatic heterocycles. The van der Waals surface area contributed by atoms with Gasteiger partial charge in [-0.2, -0.15) is 0 Å². The minimum atomic E-state index is -1.27. The highest BCUT2D eigenvalue weighted by atomic mass is 32.2. The van der Waals surface area contributed by atoms with Gasteiger partial charge in [-0.25, -0.2) is 14.6 Å². The Bertz CT molecular complexity index is 717. The van der Waals surface area contributed by atoms with E-state index >= 15 is 0 Å². The Kier molecular flexibility index (Phi) is 5.32. The summed E-state index contributed by atoms with van der Waals surface area (Å²) in [6.07, 6.45) is 1.61. The van der Waals surface area contributed by atoms with Crippen LogP contribution in [-0.4, -0.2) is 38.8 Å². The maximum atomic E-state index is 11.9. The van der Waals surface area contributed by atoms with E-state index in [0.29, 0.717) is 5.03 Å². The van der Waals surface area contributed by atoms with Crippen molar-refractivity contribution in [3.8, 4) is 0 Å². The number of pyridine rings is 1. The third-order valence-electron chi connectivity index (χ3n) is 2.70. The molecule has 1 aromatic heterocycles. The van der Waals surface area contributed by atoms with Crippen LogP contribution in [0.15, 0.2) is 47.6 Å². The quantitative estimate of drug-likeness (QED) is 0.694. The molecule has 1 heterocycles. The molecule has 8 heteroatoms. The first kappa shape index (κ1) is 16.5. The highest BCUT2D eigenvalue weighted by Crippen LogP contribution is 2.18. The molecular weight excluding hydrogens is 320 g/mol. The molecule has 2 rings (SSSR count). The fourth-order valence-electron chi connectivity index (χ4n) is 1.72. The molecule has 0 bridgehead atoms. The number of nitrogens with zero attached hydrogens (tertiary/aromatic N) is 1. The van der Waals surface area contributed by atoms with Crippen LogP contribution in [0.5, 0.6) is 0 Å². The lowest BCUT2D eigenvalue weighted by Gasteiger charge is -2.07. The van der Waals surface area contributed by atoms with Gasteiger partial charge in [-0.1, -0.05) is 17.8 Å². The fourth-order valence-corrected chi connectivity index (χ4v) is 2.38. The summed E-state index contributed by atoms with van der Waals surface area (Å²) in [4.78, 5) is 38.0. The van der Waals surface area contributed by atoms with Gasteiger partial charge < -0.3 is 15.5 Å². The van der Waals surface area contributed by atoms with Crippen LogP contribution in [0.25, 0.3) is 0 Å². The summed E-state index contributed by atoms with van der Waals surface area (Å²) in [5.41, 5.74) is -0.302. The number of aromatic nitrogens is 1. The summed E-state index contributed by atoms with van der Waals surface area (Å²) in [6.45, 7) is 0. The van der Waals surface area contributed by atoms with E-state index in [0.717, 1.165) is 6.07 Å². The maximum Gasteiger partial charge on any atom is 0.335 e. The zero-order valence-corrected chi connectivity index (χ0v) is 12.5. The smallest absolute Gasteiger partial charge is 0.335 e. The van der Waals surface area contributed by atoms with Gasteiger partial charge in [0.25, 0.3) is 0 Å². The standard InChI is InChI=1S/C15H12N2O5S/c18-12(8-23-13-3-1-2-4-16-13)17-11-6-9(14(19)20)5-10(7-11)15(21)22/h1-7H,8H2,(H,17,18)(H,19,20)(H,21,22). The monoisotopic (exact) mass is 332 g/mol. The van der Waals surface area contributed by atoms with Crippen molar-refractivity contribution in [3.05, 3.63) is 53.7 Å². The van der Waals surface area contributed by atoms with Crippen molar-refractivity contribution >= 4 is 35.3 Å². The summed E-state index contributed by atoms with van der Waals surface area (Å²) < 4.78 is 0. The summed E-state index contributed by atoms with van der Waals surface area (Å²) in [6, 6.07) is 8.75. The lowest BCUT2D eigenvalue weighted by molar-refractivity contribution is -0.113. The van der Waals surface area contributed by atoms with Crippen molar-refractivity contribution in [2.24, 2.45) is 0 Å². The van der Waals surface area contributed by atoms with Crippen molar-refractivity contribution in [2.75, 3.05) is 11.1 Å². The van der Waals surface area contributed by atoms with Crippen LogP contribution in [0, 0.1) is 0 Å². The maximum absolute atomic E-state index is 11.9. The first-order valence-electron chi connectivity index (χ1n) is 6.41. The summed E-state index contributed by atoms with van der Waals surface area (Å²) >= 11 is 1.21. The van der Waals surface area contributed by atoms with Gasteiger partial charge in [0.05, 0.1) is 21.9 Å². The third kappa shape index (κ3) is 4.82. The molecule has 0 aliphatic carbocycles. The Hall–Kier alpha value is -2.87. The van der Waals surface area contributed by atoms with Crippen molar-refractivity contribution in [2.45, 2.75) is 5.03 Å². The van der Waals surface area contributed by atoms with E-state index in [4.69, 9.17) is 10.2 Å². The van der Waals surface area contributed by atoms with Gasteiger partial charge in [0, 0.05) is 11.9 Å². The molecule has 3 N–H and O–H groups in total. The number of carboxylic acid groups (broad SMARTS) is 2. The second kappa shape index (κ2) is 7.41. The van der Waals surface area contributed by atoms with Crippen molar-refractivity contribution in [1.82, 2.24) is 4.98 Å². The van der Waals surface area contributed by atoms with Crippen LogP contribution in [0.1, 0.15) is 20.7 Å². The van der Waals surface area contributed by atoms with Crippen molar-refractivity contribution < 1.29 is 24.6 Å². The molecule has 7 nitrogen and oxygen atoms in total. The third-order valence-corrected chi connectivity index (χ3v) is 3.64. The Balaban J connectivity index is 2.07. The van der Waals surface area contributed by atoms with Gasteiger partial charge in [0.1, 0.15) is 0 Å². The molecule has 1 amide bonds. The van der Waals surface area contributed by atoms with E-state index in [1.807, 2.05) is 0 Å². The Morgan fingerprint density at radius 3 is 2.22 bits per heavy atom. The summed E-state index contributed by atoms with van der Waals surface area (Å²) in [5.74, 6) is -2.87. The first-order chi connectivity index (χ1) is 11.0. The van der Waals surface area contributed by atoms with Crippen molar-refractivity contribution in [1.29, 1.82) is 0 Å². The van der Waals surface area contributed by atoms with Crippen LogP contribution in [0.4, 0.5) is 5.69 Å². The van der Waals surface area contributed by atoms with Crippen LogP contribution >= 0.6 is 11.8 Å². The van der Waals surface area contributed by atoms with Gasteiger partial charge in [-0.05, 0) is 30.3 Å². The molecule has 0 atom stereocenters. The molecule has 1 aromatic carbocycles. The van der Waals surface area contributed by atoms with Gasteiger partial charge in [0.2, 0.25) is 5.91 Å². The predicted molar refractivity (Wildman–Crippen MR) is 84.0 cm³/mol. The second-order valence-electron chi connectivity index (χ2n) is 4.41. The van der Waals surface area contributed by atoms with E-state index in [9.17, 15) is 14.4 Å². The molecule has 0 radical (unpaired) electrons. The predicted octanol–water partition coefficient (Wildman–Crippen LogP) is 2.21. The molecule has 118 valence electrons. The molecule has 23 heavy (non-hydrogen) atoms. The number of rotatable bonds is 6. The molecule has 0 saturated heterocycles. The molecular formula is C15H12N2O5S. The van der Waals surface area contributed by atoms with E-state index in [2.05, 4.69) is 10.3 Å². The first-order valence-corrected chi connectivity index (χ1v) is 7.39. The molecule has 0 saturated carbocycles. The van der Waals surface area contributed by atoms with Crippen LogP contribution in [-0.2, 0) is 4.79 Å². The van der Waals surface area contributed by atoms with Crippen LogP contribution in [0.3, 0.4) is 0 Å². The topological polar surface area (TPSA) is 117 Å². The zero-order chi connectivity index (χ0) is 16.8. The minimum absolute atomic E-state index is 0.0662. The number of carbonyl (C=O) groups excluding carboxylic acids is 1. The van der Waals surface area contributed by atoms with Crippen LogP contribution < -0.4 is 5.32 Å². The molecule has 0 fully saturated rings. The van der Waals surface area contributed by atoms with Gasteiger partial charge >= 0.3 is 11.9 Å². The second-order valence-corrected chi connectivity index (χ2v) is 5.41. The lowest BCUT2D eigenvalue weighted by Crippen LogP contribution is -2.15. The minimum Gasteiger partial charge on any atom is -0.478 e. The van der Waals surface area contributed by atoms with E-state index in [1.54, 1.807) is 24.4 Å². The SMILES string of the molecule is O=C(CSc1ccccn1)Nc1cc(C(=O)O)cc(C(=O)O)c1. The average Bonchev–Trinajstić information content (AvgIpc) is 2.53. The number of benzene rings is 1. The number of thioether (sulfide) groups is 1. The number of amides is 1. The molecule has 0 aliphatic rings. The van der Waals surface area contributed by atoms with Gasteiger partial charge in [-0.3, -0.25) is 4.79 Å². The fraction of sp³-hybridized carbons (Fsp3) is 0.0667.